The fraction of sp³-hybridized carbons (Fsp3) is 0.0800. The van der Waals surface area contributed by atoms with Crippen molar-refractivity contribution in [3.8, 4) is 22.8 Å². The van der Waals surface area contributed by atoms with Crippen LogP contribution in [-0.2, 0) is 6.61 Å². The summed E-state index contributed by atoms with van der Waals surface area (Å²) in [6.45, 7) is 2.11. The number of nitrogens with zero attached hydrogens (tertiary/aromatic N) is 2. The van der Waals surface area contributed by atoms with Gasteiger partial charge in [-0.1, -0.05) is 41.9 Å². The second-order valence-electron chi connectivity index (χ2n) is 7.26. The summed E-state index contributed by atoms with van der Waals surface area (Å²) in [5, 5.41) is 21.3. The summed E-state index contributed by atoms with van der Waals surface area (Å²) in [5.74, 6) is 0.406. The van der Waals surface area contributed by atoms with Crippen LogP contribution in [0.25, 0.3) is 11.3 Å². The molecule has 1 heterocycles. The molecule has 0 spiro atoms. The number of nitrogens with one attached hydrogen (secondary N) is 2. The molecule has 0 aliphatic carbocycles. The van der Waals surface area contributed by atoms with E-state index in [4.69, 9.17) is 16.3 Å². The lowest BCUT2D eigenvalue weighted by Crippen LogP contribution is -2.19. The van der Waals surface area contributed by atoms with Crippen LogP contribution >= 0.6 is 11.6 Å². The van der Waals surface area contributed by atoms with Gasteiger partial charge in [-0.15, -0.1) is 0 Å². The Kier molecular flexibility index (Phi) is 6.71. The van der Waals surface area contributed by atoms with Crippen molar-refractivity contribution in [3.63, 3.8) is 0 Å². The van der Waals surface area contributed by atoms with Crippen LogP contribution in [0.3, 0.4) is 0 Å². The van der Waals surface area contributed by atoms with E-state index >= 15 is 0 Å². The van der Waals surface area contributed by atoms with Crippen molar-refractivity contribution in [2.24, 2.45) is 5.10 Å². The highest BCUT2D eigenvalue weighted by molar-refractivity contribution is 6.31. The predicted molar refractivity (Wildman–Crippen MR) is 128 cm³/mol. The molecule has 166 valence electrons. The molecule has 1 amide bonds. The molecule has 8 heteroatoms. The molecule has 0 bridgehead atoms. The molecule has 4 aromatic rings. The molecule has 0 radical (unpaired) electrons. The molecule has 0 atom stereocenters. The SMILES string of the molecule is CC(=NNC(=O)c1cc(-c2ccc(OCc3ccccc3Cl)cc2)n[nH]1)c1cccc(O)c1. The highest BCUT2D eigenvalue weighted by atomic mass is 35.5. The Bertz CT molecular complexity index is 1300. The summed E-state index contributed by atoms with van der Waals surface area (Å²) in [6, 6.07) is 23.2. The van der Waals surface area contributed by atoms with E-state index in [2.05, 4.69) is 20.7 Å². The molecule has 0 unspecified atom stereocenters. The third kappa shape index (κ3) is 5.58. The van der Waals surface area contributed by atoms with Gasteiger partial charge < -0.3 is 9.84 Å². The van der Waals surface area contributed by atoms with Crippen LogP contribution in [0.2, 0.25) is 5.02 Å². The number of halogens is 1. The second kappa shape index (κ2) is 10.0. The molecule has 33 heavy (non-hydrogen) atoms. The number of phenols is 1. The Morgan fingerprint density at radius 3 is 2.64 bits per heavy atom. The normalized spacial score (nSPS) is 11.3. The van der Waals surface area contributed by atoms with Crippen LogP contribution in [0.1, 0.15) is 28.5 Å². The van der Waals surface area contributed by atoms with Crippen LogP contribution in [0.4, 0.5) is 0 Å². The molecule has 3 N–H and O–H groups in total. The minimum Gasteiger partial charge on any atom is -0.508 e. The average Bonchev–Trinajstić information content (AvgIpc) is 3.33. The molecule has 0 saturated carbocycles. The fourth-order valence-corrected chi connectivity index (χ4v) is 3.27. The first-order valence-electron chi connectivity index (χ1n) is 10.2. The van der Waals surface area contributed by atoms with E-state index in [0.29, 0.717) is 34.3 Å². The fourth-order valence-electron chi connectivity index (χ4n) is 3.07. The van der Waals surface area contributed by atoms with Crippen molar-refractivity contribution < 1.29 is 14.6 Å². The number of hydrogen-bond donors (Lipinski definition) is 3. The first-order chi connectivity index (χ1) is 16.0. The highest BCUT2D eigenvalue weighted by Gasteiger charge is 2.11. The molecule has 0 saturated heterocycles. The maximum Gasteiger partial charge on any atom is 0.289 e. The van der Waals surface area contributed by atoms with Crippen molar-refractivity contribution in [2.45, 2.75) is 13.5 Å². The first-order valence-corrected chi connectivity index (χ1v) is 10.5. The van der Waals surface area contributed by atoms with Gasteiger partial charge in [0.15, 0.2) is 0 Å². The summed E-state index contributed by atoms with van der Waals surface area (Å²) >= 11 is 6.16. The number of hydrazone groups is 1. The number of ether oxygens (including phenoxy) is 1. The molecular formula is C25H21ClN4O3. The van der Waals surface area contributed by atoms with E-state index in [9.17, 15) is 9.90 Å². The van der Waals surface area contributed by atoms with Crippen molar-refractivity contribution in [1.29, 1.82) is 0 Å². The predicted octanol–water partition coefficient (Wildman–Crippen LogP) is 5.17. The molecule has 0 aliphatic heterocycles. The number of carbonyl (C=O) groups excluding carboxylic acids is 1. The van der Waals surface area contributed by atoms with Gasteiger partial charge in [0.25, 0.3) is 5.91 Å². The minimum atomic E-state index is -0.423. The third-order valence-corrected chi connectivity index (χ3v) is 5.28. The van der Waals surface area contributed by atoms with E-state index in [-0.39, 0.29) is 11.4 Å². The zero-order valence-electron chi connectivity index (χ0n) is 17.7. The van der Waals surface area contributed by atoms with Gasteiger partial charge in [0.05, 0.1) is 11.4 Å². The summed E-state index contributed by atoms with van der Waals surface area (Å²) < 4.78 is 5.80. The lowest BCUT2D eigenvalue weighted by molar-refractivity contribution is 0.0950. The highest BCUT2D eigenvalue weighted by Crippen LogP contribution is 2.23. The molecule has 3 aromatic carbocycles. The Balaban J connectivity index is 1.38. The van der Waals surface area contributed by atoms with Crippen LogP contribution in [-0.4, -0.2) is 26.9 Å². The van der Waals surface area contributed by atoms with Gasteiger partial charge in [0, 0.05) is 21.7 Å². The summed E-state index contributed by atoms with van der Waals surface area (Å²) in [5.41, 5.74) is 6.39. The van der Waals surface area contributed by atoms with E-state index in [1.807, 2.05) is 48.5 Å². The van der Waals surface area contributed by atoms with E-state index in [1.165, 1.54) is 0 Å². The molecule has 7 nitrogen and oxygen atoms in total. The lowest BCUT2D eigenvalue weighted by Gasteiger charge is -2.08. The van der Waals surface area contributed by atoms with Crippen LogP contribution < -0.4 is 10.2 Å². The number of hydrogen-bond acceptors (Lipinski definition) is 5. The second-order valence-corrected chi connectivity index (χ2v) is 7.67. The van der Waals surface area contributed by atoms with Gasteiger partial charge in [0.1, 0.15) is 23.8 Å². The lowest BCUT2D eigenvalue weighted by atomic mass is 10.1. The number of amides is 1. The van der Waals surface area contributed by atoms with Gasteiger partial charge in [-0.25, -0.2) is 5.43 Å². The number of aromatic nitrogens is 2. The number of H-pyrrole nitrogens is 1. The maximum atomic E-state index is 12.4. The molecule has 4 rings (SSSR count). The Labute approximate surface area is 195 Å². The van der Waals surface area contributed by atoms with Gasteiger partial charge >= 0.3 is 0 Å². The zero-order chi connectivity index (χ0) is 23.2. The van der Waals surface area contributed by atoms with Gasteiger partial charge in [0.2, 0.25) is 0 Å². The monoisotopic (exact) mass is 460 g/mol. The van der Waals surface area contributed by atoms with Gasteiger partial charge in [-0.05, 0) is 55.5 Å². The Hall–Kier alpha value is -4.10. The zero-order valence-corrected chi connectivity index (χ0v) is 18.5. The van der Waals surface area contributed by atoms with Crippen LogP contribution in [0, 0.1) is 0 Å². The van der Waals surface area contributed by atoms with Gasteiger partial charge in [-0.2, -0.15) is 10.2 Å². The summed E-state index contributed by atoms with van der Waals surface area (Å²) in [7, 11) is 0. The smallest absolute Gasteiger partial charge is 0.289 e. The van der Waals surface area contributed by atoms with Crippen molar-refractivity contribution >= 4 is 23.2 Å². The number of carbonyl (C=O) groups is 1. The number of benzene rings is 3. The van der Waals surface area contributed by atoms with E-state index in [1.54, 1.807) is 37.3 Å². The number of phenolic OH excluding ortho intramolecular Hbond substituents is 1. The van der Waals surface area contributed by atoms with Crippen molar-refractivity contribution in [3.05, 3.63) is 101 Å². The van der Waals surface area contributed by atoms with Crippen LogP contribution in [0.5, 0.6) is 11.5 Å². The third-order valence-electron chi connectivity index (χ3n) is 4.91. The largest absolute Gasteiger partial charge is 0.508 e. The molecular weight excluding hydrogens is 440 g/mol. The van der Waals surface area contributed by atoms with E-state index < -0.39 is 5.91 Å². The number of aromatic amines is 1. The molecule has 0 fully saturated rings. The average molecular weight is 461 g/mol. The van der Waals surface area contributed by atoms with Crippen LogP contribution in [0.15, 0.2) is 84.0 Å². The standard InChI is InChI=1S/C25H21ClN4O3/c1-16(18-6-4-7-20(31)13-18)27-30-25(32)24-14-23(28-29-24)17-9-11-21(12-10-17)33-15-19-5-2-3-8-22(19)26/h2-14,31H,15H2,1H3,(H,28,29)(H,30,32). The van der Waals surface area contributed by atoms with Gasteiger partial charge in [-0.3, -0.25) is 9.89 Å². The van der Waals surface area contributed by atoms with Crippen molar-refractivity contribution in [1.82, 2.24) is 15.6 Å². The minimum absolute atomic E-state index is 0.131. The summed E-state index contributed by atoms with van der Waals surface area (Å²) in [6.07, 6.45) is 0. The number of rotatable bonds is 7. The van der Waals surface area contributed by atoms with Crippen molar-refractivity contribution in [2.75, 3.05) is 0 Å². The van der Waals surface area contributed by atoms with E-state index in [0.717, 1.165) is 11.1 Å². The summed E-state index contributed by atoms with van der Waals surface area (Å²) in [4.78, 5) is 12.4. The molecule has 0 aliphatic rings. The quantitative estimate of drug-likeness (QED) is 0.261. The topological polar surface area (TPSA) is 99.6 Å². The number of aromatic hydroxyl groups is 1. The first kappa shape index (κ1) is 22.1. The molecule has 1 aromatic heterocycles. The Morgan fingerprint density at radius 1 is 1.09 bits per heavy atom. The maximum absolute atomic E-state index is 12.4. The Morgan fingerprint density at radius 2 is 1.88 bits per heavy atom.